The van der Waals surface area contributed by atoms with Crippen molar-refractivity contribution in [3.05, 3.63) is 90.3 Å². The Morgan fingerprint density at radius 1 is 1.07 bits per heavy atom. The smallest absolute Gasteiger partial charge is 0.248 e. The van der Waals surface area contributed by atoms with E-state index in [1.807, 2.05) is 18.2 Å². The average molecular weight is 423 g/mol. The van der Waals surface area contributed by atoms with Crippen molar-refractivity contribution in [1.82, 2.24) is 9.71 Å². The Morgan fingerprint density at radius 3 is 2.57 bits per heavy atom. The van der Waals surface area contributed by atoms with Gasteiger partial charge in [0, 0.05) is 24.0 Å². The van der Waals surface area contributed by atoms with E-state index in [2.05, 4.69) is 15.0 Å². The summed E-state index contributed by atoms with van der Waals surface area (Å²) >= 11 is 0. The van der Waals surface area contributed by atoms with Crippen molar-refractivity contribution < 1.29 is 17.9 Å². The lowest BCUT2D eigenvalue weighted by Gasteiger charge is -2.08. The van der Waals surface area contributed by atoms with Gasteiger partial charge in [-0.2, -0.15) is 0 Å². The van der Waals surface area contributed by atoms with E-state index >= 15 is 0 Å². The number of sulfonamides is 1. The predicted octanol–water partition coefficient (Wildman–Crippen LogP) is 3.22. The van der Waals surface area contributed by atoms with Crippen LogP contribution in [0.5, 0.6) is 5.75 Å². The fraction of sp³-hybridized carbons (Fsp3) is 0.0909. The second kappa shape index (κ2) is 9.82. The predicted molar refractivity (Wildman–Crippen MR) is 115 cm³/mol. The van der Waals surface area contributed by atoms with E-state index < -0.39 is 10.0 Å². The first-order valence-corrected chi connectivity index (χ1v) is 10.6. The molecule has 0 fully saturated rings. The zero-order valence-corrected chi connectivity index (χ0v) is 17.1. The van der Waals surface area contributed by atoms with Crippen molar-refractivity contribution in [3.63, 3.8) is 0 Å². The van der Waals surface area contributed by atoms with Crippen LogP contribution in [-0.2, 0) is 21.4 Å². The fourth-order valence-corrected chi connectivity index (χ4v) is 3.27. The van der Waals surface area contributed by atoms with Gasteiger partial charge < -0.3 is 10.1 Å². The molecule has 1 heterocycles. The molecular formula is C22H21N3O4S. The van der Waals surface area contributed by atoms with Gasteiger partial charge in [0.15, 0.2) is 0 Å². The Balaban J connectivity index is 1.58. The number of anilines is 1. The average Bonchev–Trinajstić information content (AvgIpc) is 2.77. The monoisotopic (exact) mass is 423 g/mol. The molecule has 0 saturated carbocycles. The molecule has 2 N–H and O–H groups in total. The summed E-state index contributed by atoms with van der Waals surface area (Å²) in [7, 11) is -2.13. The molecule has 2 aromatic carbocycles. The van der Waals surface area contributed by atoms with E-state index in [-0.39, 0.29) is 10.8 Å². The Hall–Kier alpha value is -3.49. The minimum atomic E-state index is -3.48. The summed E-state index contributed by atoms with van der Waals surface area (Å²) in [5.74, 6) is 0.299. The number of pyridine rings is 1. The Bertz CT molecular complexity index is 1130. The standard InChI is InChI=1S/C22H21N3O4S/c1-23-30(27,28)21-11-8-17(9-12-21)10-13-22(26)25-18-6-4-7-20(15-18)29-16-19-5-2-3-14-24-19/h2-15,23H,16H2,1H3,(H,25,26)/b13-10+. The number of amides is 1. The Kier molecular flexibility index (Phi) is 6.95. The number of rotatable bonds is 8. The van der Waals surface area contributed by atoms with E-state index in [1.54, 1.807) is 48.7 Å². The molecule has 0 bridgehead atoms. The zero-order chi connectivity index (χ0) is 21.4. The molecule has 0 atom stereocenters. The minimum Gasteiger partial charge on any atom is -0.487 e. The molecule has 154 valence electrons. The first kappa shape index (κ1) is 21.2. The van der Waals surface area contributed by atoms with Gasteiger partial charge in [0.05, 0.1) is 10.6 Å². The van der Waals surface area contributed by atoms with Gasteiger partial charge in [-0.15, -0.1) is 0 Å². The highest BCUT2D eigenvalue weighted by Crippen LogP contribution is 2.18. The molecule has 0 aliphatic heterocycles. The molecule has 0 aliphatic carbocycles. The van der Waals surface area contributed by atoms with E-state index in [1.165, 1.54) is 25.3 Å². The number of benzene rings is 2. The number of nitrogens with one attached hydrogen (secondary N) is 2. The van der Waals surface area contributed by atoms with Gasteiger partial charge in [-0.3, -0.25) is 9.78 Å². The first-order valence-electron chi connectivity index (χ1n) is 9.12. The van der Waals surface area contributed by atoms with Crippen molar-refractivity contribution >= 4 is 27.7 Å². The molecule has 3 aromatic rings. The van der Waals surface area contributed by atoms with Gasteiger partial charge >= 0.3 is 0 Å². The lowest BCUT2D eigenvalue weighted by Crippen LogP contribution is -2.18. The van der Waals surface area contributed by atoms with Crippen LogP contribution in [0.4, 0.5) is 5.69 Å². The minimum absolute atomic E-state index is 0.161. The molecule has 8 heteroatoms. The van der Waals surface area contributed by atoms with Crippen LogP contribution >= 0.6 is 0 Å². The third-order valence-electron chi connectivity index (χ3n) is 4.10. The van der Waals surface area contributed by atoms with Crippen molar-refractivity contribution in [1.29, 1.82) is 0 Å². The molecule has 30 heavy (non-hydrogen) atoms. The third kappa shape index (κ3) is 6.00. The first-order chi connectivity index (χ1) is 14.5. The normalized spacial score (nSPS) is 11.4. The summed E-state index contributed by atoms with van der Waals surface area (Å²) in [6.07, 6.45) is 4.68. The molecular weight excluding hydrogens is 402 g/mol. The number of carbonyl (C=O) groups is 1. The largest absolute Gasteiger partial charge is 0.487 e. The number of hydrogen-bond donors (Lipinski definition) is 2. The number of ether oxygens (including phenoxy) is 1. The van der Waals surface area contributed by atoms with Gasteiger partial charge in [0.2, 0.25) is 15.9 Å². The van der Waals surface area contributed by atoms with Crippen molar-refractivity contribution in [3.8, 4) is 5.75 Å². The van der Waals surface area contributed by atoms with Gasteiger partial charge in [0.1, 0.15) is 12.4 Å². The number of hydrogen-bond acceptors (Lipinski definition) is 5. The van der Waals surface area contributed by atoms with Crippen molar-refractivity contribution in [2.24, 2.45) is 0 Å². The molecule has 1 aromatic heterocycles. The van der Waals surface area contributed by atoms with Gasteiger partial charge in [-0.05, 0) is 55.1 Å². The second-order valence-corrected chi connectivity index (χ2v) is 8.12. The fourth-order valence-electron chi connectivity index (χ4n) is 2.54. The summed E-state index contributed by atoms with van der Waals surface area (Å²) in [5, 5.41) is 2.77. The third-order valence-corrected chi connectivity index (χ3v) is 5.53. The molecule has 1 amide bonds. The van der Waals surface area contributed by atoms with Crippen LogP contribution in [0.25, 0.3) is 6.08 Å². The van der Waals surface area contributed by atoms with Crippen LogP contribution in [0.15, 0.2) is 83.9 Å². The highest BCUT2D eigenvalue weighted by atomic mass is 32.2. The van der Waals surface area contributed by atoms with Gasteiger partial charge in [-0.25, -0.2) is 13.1 Å². The quantitative estimate of drug-likeness (QED) is 0.542. The van der Waals surface area contributed by atoms with Crippen LogP contribution in [0, 0.1) is 0 Å². The lowest BCUT2D eigenvalue weighted by atomic mass is 10.2. The van der Waals surface area contributed by atoms with Crippen LogP contribution in [0.3, 0.4) is 0 Å². The number of nitrogens with zero attached hydrogens (tertiary/aromatic N) is 1. The van der Waals surface area contributed by atoms with E-state index in [4.69, 9.17) is 4.74 Å². The lowest BCUT2D eigenvalue weighted by molar-refractivity contribution is -0.111. The highest BCUT2D eigenvalue weighted by molar-refractivity contribution is 7.89. The topological polar surface area (TPSA) is 97.4 Å². The maximum absolute atomic E-state index is 12.2. The molecule has 0 radical (unpaired) electrons. The second-order valence-electron chi connectivity index (χ2n) is 6.24. The molecule has 0 unspecified atom stereocenters. The van der Waals surface area contributed by atoms with E-state index in [0.29, 0.717) is 23.6 Å². The Morgan fingerprint density at radius 2 is 1.87 bits per heavy atom. The molecule has 3 rings (SSSR count). The highest BCUT2D eigenvalue weighted by Gasteiger charge is 2.09. The van der Waals surface area contributed by atoms with E-state index in [0.717, 1.165) is 5.69 Å². The summed E-state index contributed by atoms with van der Waals surface area (Å²) < 4.78 is 31.4. The molecule has 0 spiro atoms. The molecule has 0 saturated heterocycles. The summed E-state index contributed by atoms with van der Waals surface area (Å²) in [4.78, 5) is 16.6. The van der Waals surface area contributed by atoms with Crippen molar-refractivity contribution in [2.75, 3.05) is 12.4 Å². The number of carbonyl (C=O) groups excluding carboxylic acids is 1. The van der Waals surface area contributed by atoms with Crippen LogP contribution < -0.4 is 14.8 Å². The summed E-state index contributed by atoms with van der Waals surface area (Å²) in [5.41, 5.74) is 2.11. The van der Waals surface area contributed by atoms with Crippen molar-refractivity contribution in [2.45, 2.75) is 11.5 Å². The molecule has 7 nitrogen and oxygen atoms in total. The van der Waals surface area contributed by atoms with Gasteiger partial charge in [0.25, 0.3) is 0 Å². The maximum atomic E-state index is 12.2. The Labute approximate surface area is 175 Å². The number of aromatic nitrogens is 1. The SMILES string of the molecule is CNS(=O)(=O)c1ccc(/C=C/C(=O)Nc2cccc(OCc3ccccn3)c2)cc1. The summed E-state index contributed by atoms with van der Waals surface area (Å²) in [6.45, 7) is 0.331. The van der Waals surface area contributed by atoms with Crippen LogP contribution in [0.1, 0.15) is 11.3 Å². The summed E-state index contributed by atoms with van der Waals surface area (Å²) in [6, 6.07) is 18.9. The van der Waals surface area contributed by atoms with Gasteiger partial charge in [-0.1, -0.05) is 24.3 Å². The molecule has 0 aliphatic rings. The maximum Gasteiger partial charge on any atom is 0.248 e. The van der Waals surface area contributed by atoms with Crippen LogP contribution in [-0.4, -0.2) is 26.4 Å². The van der Waals surface area contributed by atoms with Crippen LogP contribution in [0.2, 0.25) is 0 Å². The zero-order valence-electron chi connectivity index (χ0n) is 16.3. The van der Waals surface area contributed by atoms with E-state index in [9.17, 15) is 13.2 Å².